The number of hydrogen-bond donors (Lipinski definition) is 1. The van der Waals surface area contributed by atoms with Crippen molar-refractivity contribution in [2.45, 2.75) is 6.92 Å². The lowest BCUT2D eigenvalue weighted by Crippen LogP contribution is -2.05. The monoisotopic (exact) mass is 500 g/mol. The highest BCUT2D eigenvalue weighted by atomic mass is 127. The molecule has 0 heterocycles. The van der Waals surface area contributed by atoms with E-state index in [0.29, 0.717) is 14.9 Å². The summed E-state index contributed by atoms with van der Waals surface area (Å²) in [6, 6.07) is 6.40. The van der Waals surface area contributed by atoms with E-state index in [0.717, 1.165) is 12.1 Å². The second-order valence-corrected chi connectivity index (χ2v) is 6.38. The first kappa shape index (κ1) is 21.0. The Labute approximate surface area is 171 Å². The third-order valence-electron chi connectivity index (χ3n) is 3.29. The van der Waals surface area contributed by atoms with Crippen LogP contribution in [0.5, 0.6) is 11.5 Å². The number of anilines is 1. The highest BCUT2D eigenvalue weighted by Gasteiger charge is 2.19. The zero-order chi connectivity index (χ0) is 20.8. The molecule has 1 N–H and O–H groups in total. The number of nitro groups is 2. The first-order valence-corrected chi connectivity index (χ1v) is 8.58. The van der Waals surface area contributed by atoms with Crippen LogP contribution in [-0.4, -0.2) is 29.1 Å². The molecule has 0 bridgehead atoms. The minimum absolute atomic E-state index is 0.00922. The Balaban J connectivity index is 2.28. The molecule has 0 aliphatic carbocycles. The normalized spacial score (nSPS) is 10.5. The summed E-state index contributed by atoms with van der Waals surface area (Å²) in [7, 11) is 1.41. The number of benzene rings is 2. The maximum Gasteiger partial charge on any atom is 0.308 e. The first-order chi connectivity index (χ1) is 13.2. The number of halogens is 1. The quantitative estimate of drug-likeness (QED) is 0.152. The second kappa shape index (κ2) is 9.07. The molecule has 2 aromatic carbocycles. The number of esters is 1. The Kier molecular flexibility index (Phi) is 6.81. The number of nitrogens with zero attached hydrogens (tertiary/aromatic N) is 3. The lowest BCUT2D eigenvalue weighted by Gasteiger charge is -2.11. The molecular weight excluding hydrogens is 487 g/mol. The maximum absolute atomic E-state index is 11.2. The third-order valence-corrected chi connectivity index (χ3v) is 4.09. The molecule has 0 radical (unpaired) electrons. The fourth-order valence-corrected chi connectivity index (χ4v) is 2.85. The highest BCUT2D eigenvalue weighted by molar-refractivity contribution is 14.1. The van der Waals surface area contributed by atoms with Crippen LogP contribution in [0, 0.1) is 23.8 Å². The van der Waals surface area contributed by atoms with Crippen molar-refractivity contribution in [3.05, 3.63) is 59.7 Å². The van der Waals surface area contributed by atoms with Crippen LogP contribution >= 0.6 is 22.6 Å². The second-order valence-electron chi connectivity index (χ2n) is 5.21. The van der Waals surface area contributed by atoms with Gasteiger partial charge < -0.3 is 9.47 Å². The number of carbonyl (C=O) groups excluding carboxylic acids is 1. The van der Waals surface area contributed by atoms with Gasteiger partial charge in [-0.05, 0) is 46.4 Å². The summed E-state index contributed by atoms with van der Waals surface area (Å²) < 4.78 is 10.9. The van der Waals surface area contributed by atoms with Gasteiger partial charge in [-0.25, -0.2) is 0 Å². The number of non-ortho nitro benzene ring substituents is 1. The predicted molar refractivity (Wildman–Crippen MR) is 108 cm³/mol. The number of nitro benzene ring substituents is 2. The van der Waals surface area contributed by atoms with Gasteiger partial charge in [-0.3, -0.25) is 30.4 Å². The number of nitrogens with one attached hydrogen (secondary N) is 1. The minimum atomic E-state index is -0.745. The van der Waals surface area contributed by atoms with Crippen LogP contribution in [0.4, 0.5) is 17.1 Å². The van der Waals surface area contributed by atoms with Crippen molar-refractivity contribution in [2.75, 3.05) is 12.5 Å². The number of hydrazone groups is 1. The lowest BCUT2D eigenvalue weighted by atomic mass is 10.2. The molecule has 0 aliphatic heterocycles. The van der Waals surface area contributed by atoms with E-state index in [1.807, 2.05) is 22.6 Å². The Morgan fingerprint density at radius 3 is 2.50 bits per heavy atom. The molecule has 11 nitrogen and oxygen atoms in total. The molecule has 0 saturated heterocycles. The van der Waals surface area contributed by atoms with Crippen LogP contribution in [0.25, 0.3) is 0 Å². The van der Waals surface area contributed by atoms with Gasteiger partial charge in [0.2, 0.25) is 0 Å². The number of ether oxygens (including phenoxy) is 2. The van der Waals surface area contributed by atoms with Gasteiger partial charge in [0.15, 0.2) is 11.5 Å². The van der Waals surface area contributed by atoms with E-state index in [1.165, 1.54) is 26.3 Å². The van der Waals surface area contributed by atoms with Crippen molar-refractivity contribution in [2.24, 2.45) is 5.10 Å². The van der Waals surface area contributed by atoms with Gasteiger partial charge in [-0.2, -0.15) is 5.10 Å². The molecule has 0 aromatic heterocycles. The molecule has 12 heteroatoms. The number of carbonyl (C=O) groups is 1. The Morgan fingerprint density at radius 1 is 1.21 bits per heavy atom. The van der Waals surface area contributed by atoms with E-state index in [2.05, 4.69) is 10.5 Å². The average molecular weight is 500 g/mol. The molecule has 0 unspecified atom stereocenters. The van der Waals surface area contributed by atoms with Crippen LogP contribution < -0.4 is 14.9 Å². The molecule has 28 heavy (non-hydrogen) atoms. The summed E-state index contributed by atoms with van der Waals surface area (Å²) in [5.74, 6) is 0.0846. The summed E-state index contributed by atoms with van der Waals surface area (Å²) in [6.45, 7) is 1.27. The van der Waals surface area contributed by atoms with Crippen molar-refractivity contribution in [1.29, 1.82) is 0 Å². The maximum atomic E-state index is 11.2. The average Bonchev–Trinajstić information content (AvgIpc) is 2.63. The van der Waals surface area contributed by atoms with Crippen LogP contribution in [-0.2, 0) is 4.79 Å². The molecule has 0 spiro atoms. The van der Waals surface area contributed by atoms with Crippen molar-refractivity contribution in [1.82, 2.24) is 0 Å². The standard InChI is InChI=1S/C16H13IN4O7/c1-9(22)28-16-12(17)5-10(6-15(16)27-2)8-18-19-13-4-3-11(20(23)24)7-14(13)21(25)26/h3-8,19H,1-2H3/b18-8-. The smallest absolute Gasteiger partial charge is 0.308 e. The van der Waals surface area contributed by atoms with E-state index < -0.39 is 27.2 Å². The van der Waals surface area contributed by atoms with Gasteiger partial charge in [-0.15, -0.1) is 0 Å². The van der Waals surface area contributed by atoms with Gasteiger partial charge in [0, 0.05) is 13.0 Å². The van der Waals surface area contributed by atoms with E-state index in [-0.39, 0.29) is 11.4 Å². The van der Waals surface area contributed by atoms with Gasteiger partial charge in [-0.1, -0.05) is 0 Å². The van der Waals surface area contributed by atoms with Crippen molar-refractivity contribution < 1.29 is 24.1 Å². The van der Waals surface area contributed by atoms with E-state index in [9.17, 15) is 25.0 Å². The number of rotatable bonds is 7. The molecule has 0 atom stereocenters. The van der Waals surface area contributed by atoms with Crippen LogP contribution in [0.2, 0.25) is 0 Å². The largest absolute Gasteiger partial charge is 0.493 e. The molecule has 0 fully saturated rings. The number of hydrogen-bond acceptors (Lipinski definition) is 9. The summed E-state index contributed by atoms with van der Waals surface area (Å²) in [4.78, 5) is 31.6. The van der Waals surface area contributed by atoms with Crippen molar-refractivity contribution in [3.8, 4) is 11.5 Å². The van der Waals surface area contributed by atoms with Gasteiger partial charge >= 0.3 is 11.7 Å². The summed E-state index contributed by atoms with van der Waals surface area (Å²) in [6.07, 6.45) is 1.37. The predicted octanol–water partition coefficient (Wildman–Crippen LogP) is 3.49. The summed E-state index contributed by atoms with van der Waals surface area (Å²) in [5.41, 5.74) is 2.16. The van der Waals surface area contributed by atoms with E-state index >= 15 is 0 Å². The zero-order valence-corrected chi connectivity index (χ0v) is 16.7. The lowest BCUT2D eigenvalue weighted by molar-refractivity contribution is -0.393. The van der Waals surface area contributed by atoms with Gasteiger partial charge in [0.1, 0.15) is 5.69 Å². The van der Waals surface area contributed by atoms with Crippen molar-refractivity contribution >= 4 is 51.8 Å². The zero-order valence-electron chi connectivity index (χ0n) is 14.5. The molecule has 2 rings (SSSR count). The van der Waals surface area contributed by atoms with E-state index in [4.69, 9.17) is 9.47 Å². The first-order valence-electron chi connectivity index (χ1n) is 7.50. The molecule has 146 valence electrons. The van der Waals surface area contributed by atoms with Crippen LogP contribution in [0.15, 0.2) is 35.4 Å². The number of methoxy groups -OCH3 is 1. The van der Waals surface area contributed by atoms with E-state index in [1.54, 1.807) is 12.1 Å². The molecule has 0 amide bonds. The van der Waals surface area contributed by atoms with Crippen LogP contribution in [0.3, 0.4) is 0 Å². The Bertz CT molecular complexity index is 978. The molecular formula is C16H13IN4O7. The molecule has 2 aromatic rings. The third kappa shape index (κ3) is 5.12. The Hall–Kier alpha value is -3.29. The van der Waals surface area contributed by atoms with Crippen LogP contribution in [0.1, 0.15) is 12.5 Å². The van der Waals surface area contributed by atoms with Gasteiger partial charge in [0.25, 0.3) is 5.69 Å². The SMILES string of the molecule is COc1cc(/C=N\Nc2ccc([N+](=O)[O-])cc2[N+](=O)[O-])cc(I)c1OC(C)=O. The summed E-state index contributed by atoms with van der Waals surface area (Å²) in [5, 5.41) is 25.8. The minimum Gasteiger partial charge on any atom is -0.493 e. The van der Waals surface area contributed by atoms with Gasteiger partial charge in [0.05, 0.1) is 32.8 Å². The summed E-state index contributed by atoms with van der Waals surface area (Å²) >= 11 is 1.96. The molecule has 0 saturated carbocycles. The topological polar surface area (TPSA) is 146 Å². The Morgan fingerprint density at radius 2 is 1.93 bits per heavy atom. The molecule has 0 aliphatic rings. The highest BCUT2D eigenvalue weighted by Crippen LogP contribution is 2.34. The fraction of sp³-hybridized carbons (Fsp3) is 0.125. The van der Waals surface area contributed by atoms with Crippen molar-refractivity contribution in [3.63, 3.8) is 0 Å². The fourth-order valence-electron chi connectivity index (χ4n) is 2.11.